The van der Waals surface area contributed by atoms with Crippen LogP contribution in [0.2, 0.25) is 0 Å². The second-order valence-electron chi connectivity index (χ2n) is 2.73. The molecular formula is C6H13NO3. The monoisotopic (exact) mass is 147 g/mol. The van der Waals surface area contributed by atoms with Crippen LogP contribution >= 0.6 is 0 Å². The van der Waals surface area contributed by atoms with E-state index in [-0.39, 0.29) is 6.04 Å². The van der Waals surface area contributed by atoms with E-state index in [4.69, 9.17) is 15.3 Å². The van der Waals surface area contributed by atoms with Crippen LogP contribution in [0.4, 0.5) is 0 Å². The zero-order valence-corrected chi connectivity index (χ0v) is 5.86. The summed E-state index contributed by atoms with van der Waals surface area (Å²) in [6.07, 6.45) is -2.19. The van der Waals surface area contributed by atoms with Crippen molar-refractivity contribution in [1.29, 1.82) is 0 Å². The molecule has 4 heteroatoms. The van der Waals surface area contributed by atoms with Crippen molar-refractivity contribution in [1.82, 2.24) is 5.32 Å². The first-order valence-corrected chi connectivity index (χ1v) is 3.40. The fourth-order valence-electron chi connectivity index (χ4n) is 1.19. The summed E-state index contributed by atoms with van der Waals surface area (Å²) in [5.74, 6) is 0. The Labute approximate surface area is 59.5 Å². The van der Waals surface area contributed by atoms with Gasteiger partial charge in [0.1, 0.15) is 0 Å². The van der Waals surface area contributed by atoms with Crippen LogP contribution in [-0.2, 0) is 0 Å². The number of hydrogen-bond acceptors (Lipinski definition) is 4. The summed E-state index contributed by atoms with van der Waals surface area (Å²) >= 11 is 0. The van der Waals surface area contributed by atoms with Gasteiger partial charge in [0.2, 0.25) is 0 Å². The average Bonchev–Trinajstić information content (AvgIpc) is 2.14. The molecule has 0 amide bonds. The first kappa shape index (κ1) is 7.94. The zero-order valence-electron chi connectivity index (χ0n) is 5.86. The van der Waals surface area contributed by atoms with Crippen molar-refractivity contribution in [3.05, 3.63) is 0 Å². The predicted molar refractivity (Wildman–Crippen MR) is 35.5 cm³/mol. The van der Waals surface area contributed by atoms with Crippen LogP contribution in [0.25, 0.3) is 0 Å². The van der Waals surface area contributed by atoms with Gasteiger partial charge < -0.3 is 20.6 Å². The average molecular weight is 147 g/mol. The first-order chi connectivity index (χ1) is 4.63. The summed E-state index contributed by atoms with van der Waals surface area (Å²) < 4.78 is 0. The van der Waals surface area contributed by atoms with Crippen molar-refractivity contribution >= 4 is 0 Å². The van der Waals surface area contributed by atoms with E-state index in [1.807, 2.05) is 0 Å². The zero-order chi connectivity index (χ0) is 7.72. The van der Waals surface area contributed by atoms with Gasteiger partial charge in [0.05, 0.1) is 24.4 Å². The summed E-state index contributed by atoms with van der Waals surface area (Å²) in [6.45, 7) is 1.94. The Morgan fingerprint density at radius 3 is 2.30 bits per heavy atom. The number of β-amino-alcohol motifs (C(OH)–C–C–N with tert-alkyl or cyclic N) is 1. The van der Waals surface area contributed by atoms with Crippen LogP contribution in [0, 0.1) is 0 Å². The molecule has 1 saturated heterocycles. The minimum atomic E-state index is -0.833. The van der Waals surface area contributed by atoms with E-state index in [1.165, 1.54) is 0 Å². The highest BCUT2D eigenvalue weighted by Crippen LogP contribution is 2.10. The van der Waals surface area contributed by atoms with E-state index in [0.717, 1.165) is 0 Å². The maximum atomic E-state index is 9.16. The second kappa shape index (κ2) is 2.84. The lowest BCUT2D eigenvalue weighted by atomic mass is 10.1. The van der Waals surface area contributed by atoms with Crippen LogP contribution in [0.15, 0.2) is 0 Å². The molecule has 0 bridgehead atoms. The van der Waals surface area contributed by atoms with Gasteiger partial charge in [-0.3, -0.25) is 0 Å². The van der Waals surface area contributed by atoms with E-state index in [2.05, 4.69) is 5.32 Å². The quantitative estimate of drug-likeness (QED) is 0.348. The Morgan fingerprint density at radius 1 is 1.50 bits per heavy atom. The SMILES string of the molecule is C[C@@H](O)[C@H]1NC[C@H](O)[C@H]1O. The Bertz CT molecular complexity index is 118. The largest absolute Gasteiger partial charge is 0.392 e. The van der Waals surface area contributed by atoms with Gasteiger partial charge >= 0.3 is 0 Å². The molecule has 0 aromatic rings. The molecule has 1 aliphatic rings. The van der Waals surface area contributed by atoms with Crippen molar-refractivity contribution in [2.45, 2.75) is 31.3 Å². The molecule has 10 heavy (non-hydrogen) atoms. The summed E-state index contributed by atoms with van der Waals surface area (Å²) in [6, 6.07) is -0.380. The van der Waals surface area contributed by atoms with E-state index >= 15 is 0 Å². The van der Waals surface area contributed by atoms with Crippen LogP contribution in [0.1, 0.15) is 6.92 Å². The van der Waals surface area contributed by atoms with Crippen molar-refractivity contribution in [3.8, 4) is 0 Å². The van der Waals surface area contributed by atoms with E-state index in [1.54, 1.807) is 6.92 Å². The third-order valence-electron chi connectivity index (χ3n) is 1.84. The number of aliphatic hydroxyl groups is 3. The number of rotatable bonds is 1. The highest BCUT2D eigenvalue weighted by atomic mass is 16.3. The summed E-state index contributed by atoms with van der Waals surface area (Å²) in [7, 11) is 0. The summed E-state index contributed by atoms with van der Waals surface area (Å²) in [4.78, 5) is 0. The highest BCUT2D eigenvalue weighted by Gasteiger charge is 2.35. The van der Waals surface area contributed by atoms with E-state index in [0.29, 0.717) is 6.54 Å². The molecule has 4 N–H and O–H groups in total. The van der Waals surface area contributed by atoms with Gasteiger partial charge in [0.25, 0.3) is 0 Å². The fraction of sp³-hybridized carbons (Fsp3) is 1.00. The molecule has 0 spiro atoms. The minimum Gasteiger partial charge on any atom is -0.392 e. The molecule has 0 aromatic carbocycles. The molecule has 0 saturated carbocycles. The topological polar surface area (TPSA) is 72.7 Å². The normalized spacial score (nSPS) is 43.8. The molecule has 1 fully saturated rings. The van der Waals surface area contributed by atoms with Crippen LogP contribution in [-0.4, -0.2) is 46.2 Å². The van der Waals surface area contributed by atoms with Gasteiger partial charge in [-0.15, -0.1) is 0 Å². The van der Waals surface area contributed by atoms with Crippen LogP contribution in [0.5, 0.6) is 0 Å². The van der Waals surface area contributed by atoms with Crippen molar-refractivity contribution in [3.63, 3.8) is 0 Å². The molecule has 0 aliphatic carbocycles. The number of aliphatic hydroxyl groups excluding tert-OH is 3. The van der Waals surface area contributed by atoms with Gasteiger partial charge in [-0.2, -0.15) is 0 Å². The van der Waals surface area contributed by atoms with Crippen LogP contribution < -0.4 is 5.32 Å². The van der Waals surface area contributed by atoms with Gasteiger partial charge in [0, 0.05) is 6.54 Å². The van der Waals surface area contributed by atoms with Gasteiger partial charge in [-0.25, -0.2) is 0 Å². The molecule has 0 radical (unpaired) electrons. The molecule has 0 unspecified atom stereocenters. The Hall–Kier alpha value is -0.160. The first-order valence-electron chi connectivity index (χ1n) is 3.40. The lowest BCUT2D eigenvalue weighted by Crippen LogP contribution is -2.41. The molecular weight excluding hydrogens is 134 g/mol. The third-order valence-corrected chi connectivity index (χ3v) is 1.84. The van der Waals surface area contributed by atoms with Crippen LogP contribution in [0.3, 0.4) is 0 Å². The second-order valence-corrected chi connectivity index (χ2v) is 2.73. The highest BCUT2D eigenvalue weighted by molar-refractivity contribution is 4.92. The molecule has 4 nitrogen and oxygen atoms in total. The Balaban J connectivity index is 2.49. The van der Waals surface area contributed by atoms with Gasteiger partial charge in [-0.1, -0.05) is 0 Å². The minimum absolute atomic E-state index is 0.358. The molecule has 1 heterocycles. The lowest BCUT2D eigenvalue weighted by molar-refractivity contribution is 0.0114. The smallest absolute Gasteiger partial charge is 0.0989 e. The summed E-state index contributed by atoms with van der Waals surface area (Å²) in [5.41, 5.74) is 0. The summed E-state index contributed by atoms with van der Waals surface area (Å²) in [5, 5.41) is 30.0. The van der Waals surface area contributed by atoms with Gasteiger partial charge in [0.15, 0.2) is 0 Å². The van der Waals surface area contributed by atoms with Crippen molar-refractivity contribution in [2.24, 2.45) is 0 Å². The Morgan fingerprint density at radius 2 is 2.10 bits per heavy atom. The fourth-order valence-corrected chi connectivity index (χ4v) is 1.19. The number of nitrogens with one attached hydrogen (secondary N) is 1. The number of hydrogen-bond donors (Lipinski definition) is 4. The molecule has 60 valence electrons. The third kappa shape index (κ3) is 1.29. The predicted octanol–water partition coefficient (Wildman–Crippen LogP) is -1.94. The molecule has 1 rings (SSSR count). The van der Waals surface area contributed by atoms with Gasteiger partial charge in [-0.05, 0) is 6.92 Å². The maximum absolute atomic E-state index is 9.16. The van der Waals surface area contributed by atoms with Crippen molar-refractivity contribution < 1.29 is 15.3 Å². The maximum Gasteiger partial charge on any atom is 0.0989 e. The molecule has 1 aliphatic heterocycles. The lowest BCUT2D eigenvalue weighted by Gasteiger charge is -2.18. The molecule has 4 atom stereocenters. The Kier molecular flexibility index (Phi) is 2.25. The van der Waals surface area contributed by atoms with Crippen molar-refractivity contribution in [2.75, 3.05) is 6.54 Å². The molecule has 0 aromatic heterocycles. The van der Waals surface area contributed by atoms with E-state index in [9.17, 15) is 0 Å². The standard InChI is InChI=1S/C6H13NO3/c1-3(8)5-6(10)4(9)2-7-5/h3-10H,2H2,1H3/t3-,4+,5-,6-/m1/s1. The van der Waals surface area contributed by atoms with E-state index < -0.39 is 18.3 Å².